The highest BCUT2D eigenvalue weighted by molar-refractivity contribution is 5.28. The molecule has 0 saturated heterocycles. The summed E-state index contributed by atoms with van der Waals surface area (Å²) in [5.41, 5.74) is 6.11. The van der Waals surface area contributed by atoms with Gasteiger partial charge in [0.1, 0.15) is 0 Å². The van der Waals surface area contributed by atoms with Gasteiger partial charge in [0, 0.05) is 5.41 Å². The molecule has 0 aliphatic heterocycles. The lowest BCUT2D eigenvalue weighted by atomic mass is 9.69. The number of allylic oxidation sites excluding steroid dienone is 1. The fraction of sp³-hybridized carbons (Fsp3) is 0.786. The quantitative estimate of drug-likeness (QED) is 0.540. The third-order valence-corrected chi connectivity index (χ3v) is 5.03. The van der Waals surface area contributed by atoms with Crippen molar-refractivity contribution in [2.45, 2.75) is 53.4 Å². The van der Waals surface area contributed by atoms with Crippen LogP contribution in [0.2, 0.25) is 0 Å². The molecule has 0 aromatic rings. The Morgan fingerprint density at radius 2 is 2.14 bits per heavy atom. The van der Waals surface area contributed by atoms with Crippen molar-refractivity contribution in [3.05, 3.63) is 17.4 Å². The molecule has 14 heavy (non-hydrogen) atoms. The van der Waals surface area contributed by atoms with Gasteiger partial charge in [0.25, 0.3) is 0 Å². The first-order chi connectivity index (χ1) is 6.52. The molecule has 2 aliphatic rings. The second-order valence-electron chi connectivity index (χ2n) is 5.73. The normalized spacial score (nSPS) is 38.6. The van der Waals surface area contributed by atoms with Gasteiger partial charge in [-0.25, -0.2) is 0 Å². The molecule has 0 N–H and O–H groups in total. The van der Waals surface area contributed by atoms with Gasteiger partial charge in [0.15, 0.2) is 0 Å². The van der Waals surface area contributed by atoms with Gasteiger partial charge in [-0.2, -0.15) is 0 Å². The summed E-state index contributed by atoms with van der Waals surface area (Å²) in [5, 5.41) is 0. The van der Waals surface area contributed by atoms with Crippen molar-refractivity contribution in [1.29, 1.82) is 0 Å². The van der Waals surface area contributed by atoms with Gasteiger partial charge >= 0.3 is 0 Å². The zero-order chi connectivity index (χ0) is 10.4. The molecule has 0 amide bonds. The summed E-state index contributed by atoms with van der Waals surface area (Å²) in [6.45, 7) is 9.54. The van der Waals surface area contributed by atoms with Gasteiger partial charge in [0.05, 0.1) is 0 Å². The Morgan fingerprint density at radius 3 is 2.57 bits per heavy atom. The smallest absolute Gasteiger partial charge is 0.00134 e. The second-order valence-corrected chi connectivity index (χ2v) is 5.73. The monoisotopic (exact) mass is 190 g/mol. The number of fused-ring (bicyclic) bond motifs is 2. The van der Waals surface area contributed by atoms with Gasteiger partial charge in [-0.05, 0) is 48.7 Å². The van der Waals surface area contributed by atoms with Crippen LogP contribution < -0.4 is 0 Å². The van der Waals surface area contributed by atoms with Crippen molar-refractivity contribution in [1.82, 2.24) is 0 Å². The summed E-state index contributed by atoms with van der Waals surface area (Å²) in [6, 6.07) is 0. The Kier molecular flexibility index (Phi) is 2.16. The van der Waals surface area contributed by atoms with Crippen LogP contribution in [0.1, 0.15) is 53.4 Å². The SMILES string of the molecule is CCC=C=C1C[C@@H]2CC[C@]1(C)C2(C)C. The molecule has 2 aliphatic carbocycles. The first-order valence-electron chi connectivity index (χ1n) is 5.97. The van der Waals surface area contributed by atoms with E-state index in [9.17, 15) is 0 Å². The Labute approximate surface area is 88.1 Å². The molecular formula is C14H22. The molecule has 2 saturated carbocycles. The van der Waals surface area contributed by atoms with Gasteiger partial charge in [-0.1, -0.05) is 27.7 Å². The van der Waals surface area contributed by atoms with Crippen LogP contribution >= 0.6 is 0 Å². The molecule has 0 nitrogen and oxygen atoms in total. The highest BCUT2D eigenvalue weighted by Gasteiger charge is 2.58. The summed E-state index contributed by atoms with van der Waals surface area (Å²) in [4.78, 5) is 0. The minimum absolute atomic E-state index is 0.448. The molecule has 0 aromatic carbocycles. The lowest BCUT2D eigenvalue weighted by Crippen LogP contribution is -2.27. The van der Waals surface area contributed by atoms with E-state index in [0.717, 1.165) is 12.3 Å². The first-order valence-corrected chi connectivity index (χ1v) is 5.97. The topological polar surface area (TPSA) is 0 Å². The van der Waals surface area contributed by atoms with E-state index in [1.54, 1.807) is 5.57 Å². The minimum atomic E-state index is 0.448. The van der Waals surface area contributed by atoms with Crippen LogP contribution in [0, 0.1) is 16.7 Å². The lowest BCUT2D eigenvalue weighted by molar-refractivity contribution is 0.179. The lowest BCUT2D eigenvalue weighted by Gasteiger charge is -2.34. The molecule has 2 bridgehead atoms. The van der Waals surface area contributed by atoms with Crippen molar-refractivity contribution < 1.29 is 0 Å². The second kappa shape index (κ2) is 3.00. The molecule has 0 unspecified atom stereocenters. The summed E-state index contributed by atoms with van der Waals surface area (Å²) < 4.78 is 0. The van der Waals surface area contributed by atoms with Crippen LogP contribution in [-0.2, 0) is 0 Å². The fourth-order valence-corrected chi connectivity index (χ4v) is 3.41. The van der Waals surface area contributed by atoms with E-state index in [1.807, 2.05) is 0 Å². The third-order valence-electron chi connectivity index (χ3n) is 5.03. The van der Waals surface area contributed by atoms with Crippen LogP contribution in [0.3, 0.4) is 0 Å². The van der Waals surface area contributed by atoms with Crippen molar-refractivity contribution in [3.63, 3.8) is 0 Å². The summed E-state index contributed by atoms with van der Waals surface area (Å²) in [6.07, 6.45) is 7.44. The summed E-state index contributed by atoms with van der Waals surface area (Å²) >= 11 is 0. The minimum Gasteiger partial charge on any atom is -0.125 e. The summed E-state index contributed by atoms with van der Waals surface area (Å²) in [7, 11) is 0. The number of hydrogen-bond acceptors (Lipinski definition) is 0. The maximum absolute atomic E-state index is 3.55. The zero-order valence-corrected chi connectivity index (χ0v) is 9.98. The molecule has 0 spiro atoms. The van der Waals surface area contributed by atoms with E-state index in [4.69, 9.17) is 0 Å². The van der Waals surface area contributed by atoms with Gasteiger partial charge in [0.2, 0.25) is 0 Å². The van der Waals surface area contributed by atoms with Crippen molar-refractivity contribution >= 4 is 0 Å². The first kappa shape index (κ1) is 10.1. The Hall–Kier alpha value is -0.480. The molecule has 0 heteroatoms. The molecular weight excluding hydrogens is 168 g/mol. The average Bonchev–Trinajstić information content (AvgIpc) is 2.46. The van der Waals surface area contributed by atoms with Crippen LogP contribution in [-0.4, -0.2) is 0 Å². The Morgan fingerprint density at radius 1 is 1.43 bits per heavy atom. The Bertz CT molecular complexity index is 302. The largest absolute Gasteiger partial charge is 0.125 e. The van der Waals surface area contributed by atoms with Crippen LogP contribution in [0.15, 0.2) is 17.4 Å². The fourth-order valence-electron chi connectivity index (χ4n) is 3.41. The standard InChI is InChI=1S/C14H22/c1-5-6-7-12-10-11-8-9-14(12,4)13(11,2)3/h6,11H,5,8-10H2,1-4H3/t7?,11-,14-/m0/s1. The predicted octanol–water partition coefficient (Wildman–Crippen LogP) is 4.32. The molecule has 0 radical (unpaired) electrons. The van der Waals surface area contributed by atoms with Crippen LogP contribution in [0.5, 0.6) is 0 Å². The van der Waals surface area contributed by atoms with E-state index >= 15 is 0 Å². The maximum atomic E-state index is 3.55. The van der Waals surface area contributed by atoms with Gasteiger partial charge in [-0.3, -0.25) is 0 Å². The van der Waals surface area contributed by atoms with E-state index in [0.29, 0.717) is 10.8 Å². The van der Waals surface area contributed by atoms with Crippen molar-refractivity contribution in [2.75, 3.05) is 0 Å². The van der Waals surface area contributed by atoms with E-state index in [2.05, 4.69) is 39.5 Å². The van der Waals surface area contributed by atoms with Gasteiger partial charge in [-0.15, -0.1) is 5.73 Å². The molecule has 2 rings (SSSR count). The number of hydrogen-bond donors (Lipinski definition) is 0. The highest BCUT2D eigenvalue weighted by Crippen LogP contribution is 2.67. The molecule has 0 aromatic heterocycles. The molecule has 2 atom stereocenters. The molecule has 78 valence electrons. The zero-order valence-electron chi connectivity index (χ0n) is 9.98. The van der Waals surface area contributed by atoms with Crippen molar-refractivity contribution in [3.8, 4) is 0 Å². The van der Waals surface area contributed by atoms with Gasteiger partial charge < -0.3 is 0 Å². The predicted molar refractivity (Wildman–Crippen MR) is 61.1 cm³/mol. The highest BCUT2D eigenvalue weighted by atomic mass is 14.6. The van der Waals surface area contributed by atoms with E-state index in [-0.39, 0.29) is 0 Å². The molecule has 2 fully saturated rings. The van der Waals surface area contributed by atoms with Crippen molar-refractivity contribution in [2.24, 2.45) is 16.7 Å². The average molecular weight is 190 g/mol. The van der Waals surface area contributed by atoms with E-state index in [1.165, 1.54) is 19.3 Å². The molecule has 0 heterocycles. The van der Waals surface area contributed by atoms with E-state index < -0.39 is 0 Å². The van der Waals surface area contributed by atoms with Crippen LogP contribution in [0.25, 0.3) is 0 Å². The van der Waals surface area contributed by atoms with Crippen LogP contribution in [0.4, 0.5) is 0 Å². The number of rotatable bonds is 1. The third kappa shape index (κ3) is 1.07. The maximum Gasteiger partial charge on any atom is 0.00134 e. The Balaban J connectivity index is 2.41. The summed E-state index contributed by atoms with van der Waals surface area (Å²) in [5.74, 6) is 0.917.